The molecule has 3 aromatic rings. The van der Waals surface area contributed by atoms with Crippen LogP contribution in [0, 0.1) is 11.7 Å². The van der Waals surface area contributed by atoms with Gasteiger partial charge in [0, 0.05) is 13.1 Å². The number of primary amides is 1. The molecule has 3 nitrogen and oxygen atoms in total. The molecule has 3 aromatic carbocycles. The van der Waals surface area contributed by atoms with Crippen LogP contribution in [0.15, 0.2) is 84.9 Å². The molecule has 1 amide bonds. The minimum Gasteiger partial charge on any atom is -0.369 e. The van der Waals surface area contributed by atoms with Gasteiger partial charge in [0.15, 0.2) is 0 Å². The molecule has 0 saturated carbocycles. The zero-order valence-electron chi connectivity index (χ0n) is 17.0. The second-order valence-electron chi connectivity index (χ2n) is 8.07. The maximum atomic E-state index is 13.2. The SMILES string of the molecule is NC(=O)C(c1ccccc1)(c1ccccc1)C1CCN(CCc2ccc(F)cc2)C1. The number of hydrogen-bond donors (Lipinski definition) is 1. The number of carbonyl (C=O) groups is 1. The molecular weight excluding hydrogens is 375 g/mol. The average Bonchev–Trinajstić information content (AvgIpc) is 3.24. The summed E-state index contributed by atoms with van der Waals surface area (Å²) in [6, 6.07) is 26.5. The molecule has 0 spiro atoms. The van der Waals surface area contributed by atoms with E-state index in [0.29, 0.717) is 0 Å². The molecule has 1 unspecified atom stereocenters. The summed E-state index contributed by atoms with van der Waals surface area (Å²) in [5.74, 6) is -0.421. The fraction of sp³-hybridized carbons (Fsp3) is 0.269. The standard InChI is InChI=1S/C26H27FN2O/c27-24-13-11-20(12-14-24)15-17-29-18-16-23(19-29)26(25(28)30,21-7-3-1-4-8-21)22-9-5-2-6-10-22/h1-14,23H,15-19H2,(H2,28,30). The predicted molar refractivity (Wildman–Crippen MR) is 118 cm³/mol. The number of carbonyl (C=O) groups excluding carboxylic acids is 1. The molecule has 30 heavy (non-hydrogen) atoms. The Morgan fingerprint density at radius 1 is 0.933 bits per heavy atom. The largest absolute Gasteiger partial charge is 0.369 e. The van der Waals surface area contributed by atoms with Crippen LogP contribution in [0.25, 0.3) is 0 Å². The highest BCUT2D eigenvalue weighted by molar-refractivity contribution is 5.91. The molecule has 1 fully saturated rings. The van der Waals surface area contributed by atoms with E-state index in [-0.39, 0.29) is 17.6 Å². The van der Waals surface area contributed by atoms with E-state index >= 15 is 0 Å². The van der Waals surface area contributed by atoms with Crippen LogP contribution in [0.1, 0.15) is 23.1 Å². The van der Waals surface area contributed by atoms with E-state index in [9.17, 15) is 9.18 Å². The van der Waals surface area contributed by atoms with Crippen molar-refractivity contribution in [2.75, 3.05) is 19.6 Å². The number of halogens is 1. The van der Waals surface area contributed by atoms with E-state index in [1.54, 1.807) is 0 Å². The third kappa shape index (κ3) is 3.88. The van der Waals surface area contributed by atoms with Crippen LogP contribution in [-0.4, -0.2) is 30.4 Å². The van der Waals surface area contributed by atoms with Gasteiger partial charge >= 0.3 is 0 Å². The van der Waals surface area contributed by atoms with Crippen LogP contribution in [0.2, 0.25) is 0 Å². The molecule has 1 aliphatic heterocycles. The van der Waals surface area contributed by atoms with E-state index in [0.717, 1.165) is 49.2 Å². The van der Waals surface area contributed by atoms with Gasteiger partial charge < -0.3 is 10.6 Å². The Kier molecular flexibility index (Phi) is 5.96. The van der Waals surface area contributed by atoms with E-state index in [4.69, 9.17) is 5.73 Å². The molecular formula is C26H27FN2O. The Bertz CT molecular complexity index is 933. The lowest BCUT2D eigenvalue weighted by Gasteiger charge is -2.37. The monoisotopic (exact) mass is 402 g/mol. The first kappa shape index (κ1) is 20.3. The molecule has 1 heterocycles. The first-order valence-corrected chi connectivity index (χ1v) is 10.5. The predicted octanol–water partition coefficient (Wildman–Crippen LogP) is 4.16. The minimum atomic E-state index is -0.854. The summed E-state index contributed by atoms with van der Waals surface area (Å²) in [5, 5.41) is 0. The van der Waals surface area contributed by atoms with Crippen molar-refractivity contribution in [2.24, 2.45) is 11.7 Å². The molecule has 0 radical (unpaired) electrons. The van der Waals surface area contributed by atoms with Crippen LogP contribution < -0.4 is 5.73 Å². The number of amides is 1. The smallest absolute Gasteiger partial charge is 0.232 e. The molecule has 0 aliphatic carbocycles. The van der Waals surface area contributed by atoms with Crippen LogP contribution in [0.3, 0.4) is 0 Å². The second kappa shape index (κ2) is 8.80. The van der Waals surface area contributed by atoms with Crippen molar-refractivity contribution in [1.82, 2.24) is 4.90 Å². The van der Waals surface area contributed by atoms with Crippen LogP contribution >= 0.6 is 0 Å². The van der Waals surface area contributed by atoms with Crippen LogP contribution in [0.4, 0.5) is 4.39 Å². The summed E-state index contributed by atoms with van der Waals surface area (Å²) < 4.78 is 13.2. The first-order chi connectivity index (χ1) is 14.6. The number of likely N-dealkylation sites (tertiary alicyclic amines) is 1. The van der Waals surface area contributed by atoms with Gasteiger partial charge in [-0.3, -0.25) is 4.79 Å². The third-order valence-corrected chi connectivity index (χ3v) is 6.36. The van der Waals surface area contributed by atoms with Gasteiger partial charge in [-0.05, 0) is 54.1 Å². The molecule has 2 N–H and O–H groups in total. The molecule has 1 aliphatic rings. The first-order valence-electron chi connectivity index (χ1n) is 10.5. The van der Waals surface area contributed by atoms with Crippen molar-refractivity contribution >= 4 is 5.91 Å². The van der Waals surface area contributed by atoms with Crippen molar-refractivity contribution in [3.05, 3.63) is 107 Å². The molecule has 4 rings (SSSR count). The lowest BCUT2D eigenvalue weighted by molar-refractivity contribution is -0.123. The van der Waals surface area contributed by atoms with Gasteiger partial charge in [-0.25, -0.2) is 4.39 Å². The zero-order valence-corrected chi connectivity index (χ0v) is 17.0. The van der Waals surface area contributed by atoms with E-state index in [1.807, 2.05) is 72.8 Å². The van der Waals surface area contributed by atoms with Crippen molar-refractivity contribution in [2.45, 2.75) is 18.3 Å². The Balaban J connectivity index is 1.60. The van der Waals surface area contributed by atoms with Gasteiger partial charge in [-0.15, -0.1) is 0 Å². The average molecular weight is 403 g/mol. The van der Waals surface area contributed by atoms with Gasteiger partial charge in [0.25, 0.3) is 0 Å². The summed E-state index contributed by atoms with van der Waals surface area (Å²) in [4.78, 5) is 15.5. The van der Waals surface area contributed by atoms with E-state index < -0.39 is 5.41 Å². The highest BCUT2D eigenvalue weighted by atomic mass is 19.1. The Morgan fingerprint density at radius 2 is 1.50 bits per heavy atom. The van der Waals surface area contributed by atoms with Crippen LogP contribution in [-0.2, 0) is 16.6 Å². The summed E-state index contributed by atoms with van der Waals surface area (Å²) in [6.07, 6.45) is 1.75. The summed E-state index contributed by atoms with van der Waals surface area (Å²) in [5.41, 5.74) is 8.32. The zero-order chi connectivity index (χ0) is 21.0. The normalized spacial score (nSPS) is 17.2. The molecule has 0 bridgehead atoms. The fourth-order valence-electron chi connectivity index (χ4n) is 4.85. The van der Waals surface area contributed by atoms with Crippen molar-refractivity contribution in [1.29, 1.82) is 0 Å². The molecule has 1 saturated heterocycles. The molecule has 0 aromatic heterocycles. The third-order valence-electron chi connectivity index (χ3n) is 6.36. The molecule has 4 heteroatoms. The van der Waals surface area contributed by atoms with Crippen molar-refractivity contribution in [3.63, 3.8) is 0 Å². The fourth-order valence-corrected chi connectivity index (χ4v) is 4.85. The highest BCUT2D eigenvalue weighted by Crippen LogP contribution is 2.43. The molecule has 1 atom stereocenters. The Hall–Kier alpha value is -2.98. The van der Waals surface area contributed by atoms with Gasteiger partial charge in [-0.2, -0.15) is 0 Å². The van der Waals surface area contributed by atoms with Gasteiger partial charge in [0.05, 0.1) is 0 Å². The minimum absolute atomic E-state index is 0.0908. The maximum Gasteiger partial charge on any atom is 0.232 e. The highest BCUT2D eigenvalue weighted by Gasteiger charge is 2.49. The lowest BCUT2D eigenvalue weighted by Crippen LogP contribution is -2.49. The maximum absolute atomic E-state index is 13.2. The summed E-state index contributed by atoms with van der Waals surface area (Å²) in [6.45, 7) is 2.59. The second-order valence-corrected chi connectivity index (χ2v) is 8.07. The topological polar surface area (TPSA) is 46.3 Å². The van der Waals surface area contributed by atoms with Gasteiger partial charge in [0.2, 0.25) is 5.91 Å². The Labute approximate surface area is 177 Å². The number of hydrogen-bond acceptors (Lipinski definition) is 2. The van der Waals surface area contributed by atoms with Crippen LogP contribution in [0.5, 0.6) is 0 Å². The van der Waals surface area contributed by atoms with Crippen molar-refractivity contribution < 1.29 is 9.18 Å². The van der Waals surface area contributed by atoms with Crippen molar-refractivity contribution in [3.8, 4) is 0 Å². The lowest BCUT2D eigenvalue weighted by atomic mass is 9.64. The Morgan fingerprint density at radius 3 is 2.03 bits per heavy atom. The van der Waals surface area contributed by atoms with E-state index in [2.05, 4.69) is 4.90 Å². The quantitative estimate of drug-likeness (QED) is 0.645. The van der Waals surface area contributed by atoms with Gasteiger partial charge in [0.1, 0.15) is 11.2 Å². The number of nitrogens with two attached hydrogens (primary N) is 1. The summed E-state index contributed by atoms with van der Waals surface area (Å²) >= 11 is 0. The van der Waals surface area contributed by atoms with E-state index in [1.165, 1.54) is 12.1 Å². The molecule has 154 valence electrons. The number of nitrogens with zero attached hydrogens (tertiary/aromatic N) is 1. The van der Waals surface area contributed by atoms with Gasteiger partial charge in [-0.1, -0.05) is 72.8 Å². The number of benzene rings is 3. The summed E-state index contributed by atoms with van der Waals surface area (Å²) in [7, 11) is 0. The number of rotatable bonds is 7.